The molecule has 0 aromatic heterocycles. The number of hydrogen-bond donors (Lipinski definition) is 1. The van der Waals surface area contributed by atoms with E-state index in [9.17, 15) is 9.59 Å². The van der Waals surface area contributed by atoms with E-state index in [2.05, 4.69) is 4.74 Å². The summed E-state index contributed by atoms with van der Waals surface area (Å²) in [7, 11) is 3.02. The quantitative estimate of drug-likeness (QED) is 0.777. The normalized spacial score (nSPS) is 11.8. The number of hydrogen-bond acceptors (Lipinski definition) is 4. The molecule has 0 unspecified atom stereocenters. The first-order valence-corrected chi connectivity index (χ1v) is 7.13. The zero-order chi connectivity index (χ0) is 15.8. The van der Waals surface area contributed by atoms with Crippen molar-refractivity contribution in [2.24, 2.45) is 5.73 Å². The largest absolute Gasteiger partial charge is 0.468 e. The van der Waals surface area contributed by atoms with Crippen LogP contribution in [0.4, 0.5) is 0 Å². The van der Waals surface area contributed by atoms with E-state index in [0.717, 1.165) is 12.0 Å². The summed E-state index contributed by atoms with van der Waals surface area (Å²) in [6.45, 7) is 0.605. The number of nitrogens with two attached hydrogens (primary N) is 1. The predicted molar refractivity (Wildman–Crippen MR) is 82.0 cm³/mol. The number of carbonyl (C=O) groups excluding carboxylic acids is 2. The lowest BCUT2D eigenvalue weighted by Crippen LogP contribution is -2.34. The van der Waals surface area contributed by atoms with Crippen molar-refractivity contribution in [3.63, 3.8) is 0 Å². The van der Waals surface area contributed by atoms with Crippen LogP contribution < -0.4 is 5.73 Å². The molecule has 0 radical (unpaired) electrons. The minimum absolute atomic E-state index is 0.0386. The lowest BCUT2D eigenvalue weighted by atomic mass is 10.1. The molecule has 1 atom stereocenters. The Kier molecular flexibility index (Phi) is 7.19. The molecule has 0 aliphatic heterocycles. The number of ether oxygens (including phenoxy) is 1. The Hall–Kier alpha value is -1.59. The lowest BCUT2D eigenvalue weighted by molar-refractivity contribution is -0.142. The second kappa shape index (κ2) is 8.64. The van der Waals surface area contributed by atoms with Gasteiger partial charge in [-0.05, 0) is 30.5 Å². The van der Waals surface area contributed by atoms with E-state index in [-0.39, 0.29) is 18.7 Å². The fourth-order valence-electron chi connectivity index (χ4n) is 1.81. The van der Waals surface area contributed by atoms with Crippen LogP contribution in [0.5, 0.6) is 0 Å². The molecule has 116 valence electrons. The number of carbonyl (C=O) groups is 2. The van der Waals surface area contributed by atoms with E-state index in [1.807, 2.05) is 24.3 Å². The minimum atomic E-state index is -0.747. The molecule has 1 amide bonds. The molecule has 1 rings (SSSR count). The van der Waals surface area contributed by atoms with Gasteiger partial charge in [0.05, 0.1) is 7.11 Å². The summed E-state index contributed by atoms with van der Waals surface area (Å²) in [5, 5.41) is 0.694. The number of methoxy groups -OCH3 is 1. The average Bonchev–Trinajstić information content (AvgIpc) is 2.50. The Morgan fingerprint density at radius 3 is 2.52 bits per heavy atom. The molecule has 0 saturated carbocycles. The number of halogens is 1. The van der Waals surface area contributed by atoms with E-state index >= 15 is 0 Å². The molecule has 2 N–H and O–H groups in total. The summed E-state index contributed by atoms with van der Waals surface area (Å²) in [5.74, 6) is -0.532. The third-order valence-corrected chi connectivity index (χ3v) is 3.50. The maximum absolute atomic E-state index is 11.9. The van der Waals surface area contributed by atoms with Crippen LogP contribution in [0.2, 0.25) is 5.02 Å². The van der Waals surface area contributed by atoms with Gasteiger partial charge in [-0.1, -0.05) is 23.7 Å². The summed E-state index contributed by atoms with van der Waals surface area (Å²) in [6.07, 6.45) is 1.27. The van der Waals surface area contributed by atoms with E-state index in [1.54, 1.807) is 11.9 Å². The topological polar surface area (TPSA) is 72.6 Å². The first-order chi connectivity index (χ1) is 9.93. The smallest absolute Gasteiger partial charge is 0.322 e. The number of esters is 1. The van der Waals surface area contributed by atoms with Crippen molar-refractivity contribution < 1.29 is 14.3 Å². The van der Waals surface area contributed by atoms with Crippen molar-refractivity contribution >= 4 is 23.5 Å². The highest BCUT2D eigenvalue weighted by atomic mass is 35.5. The van der Waals surface area contributed by atoms with Crippen LogP contribution in [0.15, 0.2) is 24.3 Å². The summed E-state index contributed by atoms with van der Waals surface area (Å²) in [5.41, 5.74) is 6.71. The van der Waals surface area contributed by atoms with Crippen LogP contribution in [0, 0.1) is 0 Å². The third-order valence-electron chi connectivity index (χ3n) is 3.25. The lowest BCUT2D eigenvalue weighted by Gasteiger charge is -2.18. The zero-order valence-corrected chi connectivity index (χ0v) is 13.1. The van der Waals surface area contributed by atoms with E-state index in [0.29, 0.717) is 11.6 Å². The number of nitrogens with zero attached hydrogens (tertiary/aromatic N) is 1. The van der Waals surface area contributed by atoms with Crippen molar-refractivity contribution in [2.75, 3.05) is 20.7 Å². The van der Waals surface area contributed by atoms with Gasteiger partial charge in [0.15, 0.2) is 0 Å². The molecule has 1 aromatic rings. The van der Waals surface area contributed by atoms with Gasteiger partial charge in [-0.15, -0.1) is 0 Å². The molecule has 0 spiro atoms. The van der Waals surface area contributed by atoms with Gasteiger partial charge in [0.25, 0.3) is 0 Å². The molecule has 6 heteroatoms. The van der Waals surface area contributed by atoms with Crippen LogP contribution >= 0.6 is 11.6 Å². The molecule has 5 nitrogen and oxygen atoms in total. The molecule has 1 aromatic carbocycles. The Bertz CT molecular complexity index is 476. The fourth-order valence-corrected chi connectivity index (χ4v) is 1.94. The number of likely N-dealkylation sites (N-methyl/N-ethyl adjacent to an activating group) is 1. The molecule has 0 aliphatic carbocycles. The van der Waals surface area contributed by atoms with Gasteiger partial charge >= 0.3 is 5.97 Å². The molecular formula is C15H21ClN2O3. The van der Waals surface area contributed by atoms with E-state index in [1.165, 1.54) is 7.11 Å². The van der Waals surface area contributed by atoms with Crippen LogP contribution in [0.1, 0.15) is 18.4 Å². The van der Waals surface area contributed by atoms with Crippen LogP contribution in [0.25, 0.3) is 0 Å². The Morgan fingerprint density at radius 1 is 1.33 bits per heavy atom. The van der Waals surface area contributed by atoms with Gasteiger partial charge in [0.1, 0.15) is 6.04 Å². The molecule has 0 bridgehead atoms. The summed E-state index contributed by atoms with van der Waals surface area (Å²) >= 11 is 5.82. The Balaban J connectivity index is 2.34. The molecule has 0 aliphatic rings. The van der Waals surface area contributed by atoms with E-state index < -0.39 is 12.0 Å². The van der Waals surface area contributed by atoms with E-state index in [4.69, 9.17) is 17.3 Å². The highest BCUT2D eigenvalue weighted by Crippen LogP contribution is 2.10. The standard InChI is InChI=1S/C15H21ClN2O3/c1-18(10-9-11-3-5-12(16)6-4-11)14(19)8-7-13(17)15(20)21-2/h3-6,13H,7-10,17H2,1-2H3/t13-/m0/s1. The van der Waals surface area contributed by atoms with Crippen molar-refractivity contribution in [3.05, 3.63) is 34.9 Å². The van der Waals surface area contributed by atoms with Crippen molar-refractivity contribution in [2.45, 2.75) is 25.3 Å². The Morgan fingerprint density at radius 2 is 1.95 bits per heavy atom. The number of amides is 1. The monoisotopic (exact) mass is 312 g/mol. The highest BCUT2D eigenvalue weighted by Gasteiger charge is 2.17. The number of rotatable bonds is 7. The van der Waals surface area contributed by atoms with Crippen LogP contribution in [-0.2, 0) is 20.7 Å². The summed E-state index contributed by atoms with van der Waals surface area (Å²) in [4.78, 5) is 24.7. The van der Waals surface area contributed by atoms with Gasteiger partial charge in [-0.25, -0.2) is 0 Å². The van der Waals surface area contributed by atoms with Crippen molar-refractivity contribution in [1.82, 2.24) is 4.90 Å². The maximum Gasteiger partial charge on any atom is 0.322 e. The highest BCUT2D eigenvalue weighted by molar-refractivity contribution is 6.30. The number of benzene rings is 1. The first-order valence-electron chi connectivity index (χ1n) is 6.76. The summed E-state index contributed by atoms with van der Waals surface area (Å²) < 4.78 is 4.52. The molecule has 21 heavy (non-hydrogen) atoms. The average molecular weight is 313 g/mol. The summed E-state index contributed by atoms with van der Waals surface area (Å²) in [6, 6.07) is 6.78. The molecular weight excluding hydrogens is 292 g/mol. The van der Waals surface area contributed by atoms with Gasteiger partial charge in [0, 0.05) is 25.0 Å². The first kappa shape index (κ1) is 17.5. The minimum Gasteiger partial charge on any atom is -0.468 e. The maximum atomic E-state index is 11.9. The Labute approximate surface area is 130 Å². The van der Waals surface area contributed by atoms with Crippen LogP contribution in [0.3, 0.4) is 0 Å². The SMILES string of the molecule is COC(=O)[C@@H](N)CCC(=O)N(C)CCc1ccc(Cl)cc1. The van der Waals surface area contributed by atoms with Crippen molar-refractivity contribution in [1.29, 1.82) is 0 Å². The van der Waals surface area contributed by atoms with Gasteiger partial charge in [-0.3, -0.25) is 9.59 Å². The van der Waals surface area contributed by atoms with Gasteiger partial charge in [0.2, 0.25) is 5.91 Å². The second-order valence-electron chi connectivity index (χ2n) is 4.86. The molecule has 0 saturated heterocycles. The zero-order valence-electron chi connectivity index (χ0n) is 12.3. The molecule has 0 fully saturated rings. The third kappa shape index (κ3) is 6.14. The second-order valence-corrected chi connectivity index (χ2v) is 5.30. The molecule has 0 heterocycles. The van der Waals surface area contributed by atoms with Crippen molar-refractivity contribution in [3.8, 4) is 0 Å². The predicted octanol–water partition coefficient (Wildman–Crippen LogP) is 1.62. The van der Waals surface area contributed by atoms with Crippen LogP contribution in [-0.4, -0.2) is 43.5 Å². The van der Waals surface area contributed by atoms with Gasteiger partial charge in [-0.2, -0.15) is 0 Å². The fraction of sp³-hybridized carbons (Fsp3) is 0.467. The van der Waals surface area contributed by atoms with Gasteiger partial charge < -0.3 is 15.4 Å².